The molecule has 2 aromatic rings. The van der Waals surface area contributed by atoms with Crippen LogP contribution in [0.5, 0.6) is 0 Å². The molecule has 0 aliphatic heterocycles. The lowest BCUT2D eigenvalue weighted by Gasteiger charge is -2.11. The quantitative estimate of drug-likeness (QED) is 0.842. The Balaban J connectivity index is 2.06. The Labute approximate surface area is 138 Å². The monoisotopic (exact) mass is 362 g/mol. The SMILES string of the molecule is CCC(C)Nc1ncc(C(=O)Nc2ccc(Br)cc2C)cn1. The summed E-state index contributed by atoms with van der Waals surface area (Å²) in [6.07, 6.45) is 4.04. The summed E-state index contributed by atoms with van der Waals surface area (Å²) >= 11 is 3.40. The number of anilines is 2. The van der Waals surface area contributed by atoms with Gasteiger partial charge in [0.25, 0.3) is 5.91 Å². The highest BCUT2D eigenvalue weighted by Crippen LogP contribution is 2.20. The molecule has 0 spiro atoms. The van der Waals surface area contributed by atoms with Crippen molar-refractivity contribution in [1.82, 2.24) is 9.97 Å². The van der Waals surface area contributed by atoms with Crippen molar-refractivity contribution in [2.45, 2.75) is 33.2 Å². The Kier molecular flexibility index (Phi) is 5.49. The Hall–Kier alpha value is -1.95. The van der Waals surface area contributed by atoms with Crippen LogP contribution in [0, 0.1) is 6.92 Å². The summed E-state index contributed by atoms with van der Waals surface area (Å²) in [7, 11) is 0. The molecule has 6 heteroatoms. The third kappa shape index (κ3) is 4.27. The number of nitrogens with zero attached hydrogens (tertiary/aromatic N) is 2. The van der Waals surface area contributed by atoms with Crippen LogP contribution in [0.15, 0.2) is 35.1 Å². The molecule has 1 heterocycles. The standard InChI is InChI=1S/C16H19BrN4O/c1-4-11(3)20-16-18-8-12(9-19-16)15(22)21-14-6-5-13(17)7-10(14)2/h5-9,11H,4H2,1-3H3,(H,21,22)(H,18,19,20). The lowest BCUT2D eigenvalue weighted by Crippen LogP contribution is -2.17. The van der Waals surface area contributed by atoms with Crippen LogP contribution in [0.2, 0.25) is 0 Å². The molecule has 0 bridgehead atoms. The maximum absolute atomic E-state index is 12.2. The first-order valence-corrected chi connectivity index (χ1v) is 7.95. The van der Waals surface area contributed by atoms with Crippen LogP contribution in [-0.2, 0) is 0 Å². The molecule has 22 heavy (non-hydrogen) atoms. The summed E-state index contributed by atoms with van der Waals surface area (Å²) < 4.78 is 0.979. The van der Waals surface area contributed by atoms with Gasteiger partial charge in [-0.25, -0.2) is 9.97 Å². The molecule has 1 atom stereocenters. The second-order valence-electron chi connectivity index (χ2n) is 5.16. The zero-order chi connectivity index (χ0) is 16.1. The highest BCUT2D eigenvalue weighted by molar-refractivity contribution is 9.10. The van der Waals surface area contributed by atoms with Gasteiger partial charge >= 0.3 is 0 Å². The van der Waals surface area contributed by atoms with Crippen LogP contribution in [0.4, 0.5) is 11.6 Å². The minimum atomic E-state index is -0.222. The van der Waals surface area contributed by atoms with Crippen LogP contribution in [-0.4, -0.2) is 21.9 Å². The molecule has 1 unspecified atom stereocenters. The van der Waals surface area contributed by atoms with Gasteiger partial charge in [-0.3, -0.25) is 4.79 Å². The number of carbonyl (C=O) groups excluding carboxylic acids is 1. The molecule has 0 aliphatic carbocycles. The van der Waals surface area contributed by atoms with Gasteiger partial charge in [0.15, 0.2) is 0 Å². The second-order valence-corrected chi connectivity index (χ2v) is 6.08. The highest BCUT2D eigenvalue weighted by atomic mass is 79.9. The van der Waals surface area contributed by atoms with E-state index in [0.717, 1.165) is 22.1 Å². The van der Waals surface area contributed by atoms with E-state index in [2.05, 4.69) is 50.4 Å². The molecule has 2 N–H and O–H groups in total. The van der Waals surface area contributed by atoms with Gasteiger partial charge in [-0.05, 0) is 44.0 Å². The molecule has 0 saturated heterocycles. The third-order valence-corrected chi connectivity index (χ3v) is 3.83. The predicted octanol–water partition coefficient (Wildman–Crippen LogP) is 4.01. The number of carbonyl (C=O) groups is 1. The van der Waals surface area contributed by atoms with Crippen molar-refractivity contribution in [2.24, 2.45) is 0 Å². The smallest absolute Gasteiger partial charge is 0.258 e. The summed E-state index contributed by atoms with van der Waals surface area (Å²) in [5.74, 6) is 0.311. The topological polar surface area (TPSA) is 66.9 Å². The molecule has 0 radical (unpaired) electrons. The number of benzene rings is 1. The molecular weight excluding hydrogens is 344 g/mol. The number of hydrogen-bond acceptors (Lipinski definition) is 4. The first kappa shape index (κ1) is 16.4. The minimum Gasteiger partial charge on any atom is -0.352 e. The van der Waals surface area contributed by atoms with Gasteiger partial charge < -0.3 is 10.6 Å². The lowest BCUT2D eigenvalue weighted by molar-refractivity contribution is 0.102. The molecule has 0 saturated carbocycles. The molecule has 0 aliphatic rings. The number of aromatic nitrogens is 2. The summed E-state index contributed by atoms with van der Waals surface area (Å²) in [6.45, 7) is 6.08. The van der Waals surface area contributed by atoms with E-state index in [4.69, 9.17) is 0 Å². The van der Waals surface area contributed by atoms with Gasteiger partial charge in [0.2, 0.25) is 5.95 Å². The van der Waals surface area contributed by atoms with E-state index in [0.29, 0.717) is 17.6 Å². The molecule has 116 valence electrons. The molecule has 1 aromatic heterocycles. The zero-order valence-corrected chi connectivity index (χ0v) is 14.4. The fourth-order valence-electron chi connectivity index (χ4n) is 1.80. The van der Waals surface area contributed by atoms with Crippen molar-refractivity contribution in [2.75, 3.05) is 10.6 Å². The van der Waals surface area contributed by atoms with Crippen molar-refractivity contribution in [3.63, 3.8) is 0 Å². The average molecular weight is 363 g/mol. The van der Waals surface area contributed by atoms with Crippen LogP contribution in [0.1, 0.15) is 36.2 Å². The fourth-order valence-corrected chi connectivity index (χ4v) is 2.28. The molecule has 2 rings (SSSR count). The van der Waals surface area contributed by atoms with Gasteiger partial charge in [0.1, 0.15) is 0 Å². The van der Waals surface area contributed by atoms with E-state index in [9.17, 15) is 4.79 Å². The predicted molar refractivity (Wildman–Crippen MR) is 92.2 cm³/mol. The first-order valence-electron chi connectivity index (χ1n) is 7.15. The van der Waals surface area contributed by atoms with E-state index < -0.39 is 0 Å². The summed E-state index contributed by atoms with van der Waals surface area (Å²) in [5, 5.41) is 6.03. The largest absolute Gasteiger partial charge is 0.352 e. The van der Waals surface area contributed by atoms with E-state index in [1.54, 1.807) is 0 Å². The zero-order valence-electron chi connectivity index (χ0n) is 12.9. The molecule has 1 aromatic carbocycles. The number of halogens is 1. The molecule has 5 nitrogen and oxygen atoms in total. The molecular formula is C16H19BrN4O. The van der Waals surface area contributed by atoms with Crippen molar-refractivity contribution < 1.29 is 4.79 Å². The Morgan fingerprint density at radius 3 is 2.59 bits per heavy atom. The van der Waals surface area contributed by atoms with Crippen LogP contribution in [0.3, 0.4) is 0 Å². The van der Waals surface area contributed by atoms with Crippen LogP contribution in [0.25, 0.3) is 0 Å². The molecule has 1 amide bonds. The Morgan fingerprint density at radius 2 is 2.00 bits per heavy atom. The van der Waals surface area contributed by atoms with Gasteiger partial charge in [-0.2, -0.15) is 0 Å². The lowest BCUT2D eigenvalue weighted by atomic mass is 10.2. The maximum Gasteiger partial charge on any atom is 0.258 e. The number of nitrogens with one attached hydrogen (secondary N) is 2. The minimum absolute atomic E-state index is 0.222. The van der Waals surface area contributed by atoms with Gasteiger partial charge in [0, 0.05) is 28.6 Å². The number of amides is 1. The number of aryl methyl sites for hydroxylation is 1. The van der Waals surface area contributed by atoms with Gasteiger partial charge in [-0.1, -0.05) is 22.9 Å². The van der Waals surface area contributed by atoms with Crippen LogP contribution >= 0.6 is 15.9 Å². The van der Waals surface area contributed by atoms with Crippen molar-refractivity contribution >= 4 is 33.5 Å². The summed E-state index contributed by atoms with van der Waals surface area (Å²) in [6, 6.07) is 5.99. The van der Waals surface area contributed by atoms with E-state index in [-0.39, 0.29) is 5.91 Å². The van der Waals surface area contributed by atoms with E-state index >= 15 is 0 Å². The maximum atomic E-state index is 12.2. The number of rotatable bonds is 5. The highest BCUT2D eigenvalue weighted by Gasteiger charge is 2.10. The first-order chi connectivity index (χ1) is 10.5. The second kappa shape index (κ2) is 7.35. The normalized spacial score (nSPS) is 11.8. The summed E-state index contributed by atoms with van der Waals surface area (Å²) in [4.78, 5) is 20.6. The van der Waals surface area contributed by atoms with Crippen molar-refractivity contribution in [3.05, 3.63) is 46.2 Å². The molecule has 0 fully saturated rings. The number of hydrogen-bond donors (Lipinski definition) is 2. The van der Waals surface area contributed by atoms with E-state index in [1.807, 2.05) is 25.1 Å². The Bertz CT molecular complexity index is 658. The summed E-state index contributed by atoms with van der Waals surface area (Å²) in [5.41, 5.74) is 2.19. The third-order valence-electron chi connectivity index (χ3n) is 3.34. The van der Waals surface area contributed by atoms with Crippen molar-refractivity contribution in [3.8, 4) is 0 Å². The fraction of sp³-hybridized carbons (Fsp3) is 0.312. The van der Waals surface area contributed by atoms with Gasteiger partial charge in [-0.15, -0.1) is 0 Å². The van der Waals surface area contributed by atoms with Crippen molar-refractivity contribution in [1.29, 1.82) is 0 Å². The van der Waals surface area contributed by atoms with Crippen LogP contribution < -0.4 is 10.6 Å². The average Bonchev–Trinajstić information content (AvgIpc) is 2.50. The van der Waals surface area contributed by atoms with Gasteiger partial charge in [0.05, 0.1) is 5.56 Å². The Morgan fingerprint density at radius 1 is 1.32 bits per heavy atom. The van der Waals surface area contributed by atoms with E-state index in [1.165, 1.54) is 12.4 Å².